The van der Waals surface area contributed by atoms with Gasteiger partial charge in [-0.05, 0) is 30.9 Å². The van der Waals surface area contributed by atoms with Gasteiger partial charge >= 0.3 is 0 Å². The topological polar surface area (TPSA) is 82.4 Å². The van der Waals surface area contributed by atoms with Crippen molar-refractivity contribution in [3.63, 3.8) is 0 Å². The van der Waals surface area contributed by atoms with Crippen LogP contribution in [-0.2, 0) is 11.2 Å². The predicted octanol–water partition coefficient (Wildman–Crippen LogP) is 1.02. The van der Waals surface area contributed by atoms with Crippen molar-refractivity contribution in [2.24, 2.45) is 5.73 Å². The molecule has 2 aromatic rings. The van der Waals surface area contributed by atoms with Gasteiger partial charge in [0, 0.05) is 30.2 Å². The standard InChI is InChI=1S/C16H21N3O2/c17-14(16(21)19-7-3-4-12(20)10-19)8-11-9-18-15-6-2-1-5-13(11)15/h1-2,5-6,9,12,14,18,20H,3-4,7-8,10,17H2/t12?,14-/m0/s1. The lowest BCUT2D eigenvalue weighted by Crippen LogP contribution is -2.50. The fourth-order valence-corrected chi connectivity index (χ4v) is 3.01. The molecular formula is C16H21N3O2. The second kappa shape index (κ2) is 5.87. The average molecular weight is 287 g/mol. The van der Waals surface area contributed by atoms with Crippen LogP contribution in [-0.4, -0.2) is 46.1 Å². The number of hydrogen-bond donors (Lipinski definition) is 3. The van der Waals surface area contributed by atoms with Gasteiger partial charge in [0.2, 0.25) is 5.91 Å². The summed E-state index contributed by atoms with van der Waals surface area (Å²) in [6.45, 7) is 1.10. The van der Waals surface area contributed by atoms with Gasteiger partial charge in [0.05, 0.1) is 12.1 Å². The molecule has 1 aromatic carbocycles. The molecule has 1 aliphatic rings. The number of H-pyrrole nitrogens is 1. The van der Waals surface area contributed by atoms with Gasteiger partial charge in [-0.25, -0.2) is 0 Å². The van der Waals surface area contributed by atoms with Gasteiger partial charge in [-0.3, -0.25) is 4.79 Å². The Labute approximate surface area is 123 Å². The van der Waals surface area contributed by atoms with Gasteiger partial charge in [-0.15, -0.1) is 0 Å². The summed E-state index contributed by atoms with van der Waals surface area (Å²) in [4.78, 5) is 17.3. The third-order valence-corrected chi connectivity index (χ3v) is 4.14. The molecule has 1 unspecified atom stereocenters. The Morgan fingerprint density at radius 1 is 1.48 bits per heavy atom. The lowest BCUT2D eigenvalue weighted by molar-refractivity contribution is -0.135. The van der Waals surface area contributed by atoms with Crippen molar-refractivity contribution in [2.75, 3.05) is 13.1 Å². The molecule has 21 heavy (non-hydrogen) atoms. The van der Waals surface area contributed by atoms with Crippen molar-refractivity contribution in [3.05, 3.63) is 36.0 Å². The number of benzene rings is 1. The number of β-amino-alcohol motifs (C(OH)–C–C–N with tert-alkyl or cyclic N) is 1. The van der Waals surface area contributed by atoms with Crippen LogP contribution in [0.15, 0.2) is 30.5 Å². The number of aliphatic hydroxyl groups is 1. The highest BCUT2D eigenvalue weighted by Crippen LogP contribution is 2.19. The second-order valence-corrected chi connectivity index (χ2v) is 5.75. The molecule has 3 rings (SSSR count). The third kappa shape index (κ3) is 2.94. The maximum Gasteiger partial charge on any atom is 0.239 e. The van der Waals surface area contributed by atoms with E-state index in [0.717, 1.165) is 29.3 Å². The minimum absolute atomic E-state index is 0.0703. The Balaban J connectivity index is 1.70. The Bertz CT molecular complexity index is 637. The molecule has 1 saturated heterocycles. The first kappa shape index (κ1) is 14.1. The van der Waals surface area contributed by atoms with Crippen LogP contribution in [0.4, 0.5) is 0 Å². The molecule has 1 fully saturated rings. The van der Waals surface area contributed by atoms with Crippen molar-refractivity contribution >= 4 is 16.8 Å². The summed E-state index contributed by atoms with van der Waals surface area (Å²) in [5, 5.41) is 10.8. The summed E-state index contributed by atoms with van der Waals surface area (Å²) in [6, 6.07) is 7.43. The molecule has 0 radical (unpaired) electrons. The summed E-state index contributed by atoms with van der Waals surface area (Å²) in [6.07, 6.45) is 3.62. The number of piperidine rings is 1. The first-order chi connectivity index (χ1) is 10.1. The van der Waals surface area contributed by atoms with E-state index >= 15 is 0 Å². The van der Waals surface area contributed by atoms with E-state index < -0.39 is 12.1 Å². The number of nitrogens with zero attached hydrogens (tertiary/aromatic N) is 1. The van der Waals surface area contributed by atoms with Crippen molar-refractivity contribution in [3.8, 4) is 0 Å². The van der Waals surface area contributed by atoms with Crippen LogP contribution in [0.2, 0.25) is 0 Å². The van der Waals surface area contributed by atoms with Gasteiger partial charge in [0.1, 0.15) is 0 Å². The number of aliphatic hydroxyl groups excluding tert-OH is 1. The largest absolute Gasteiger partial charge is 0.391 e. The zero-order valence-corrected chi connectivity index (χ0v) is 12.0. The van der Waals surface area contributed by atoms with E-state index in [1.54, 1.807) is 4.90 Å². The van der Waals surface area contributed by atoms with Crippen LogP contribution in [0, 0.1) is 0 Å². The SMILES string of the molecule is N[C@@H](Cc1c[nH]c2ccccc12)C(=O)N1CCCC(O)C1. The number of amides is 1. The number of para-hydroxylation sites is 1. The van der Waals surface area contributed by atoms with Gasteiger partial charge in [-0.2, -0.15) is 0 Å². The molecule has 2 heterocycles. The minimum Gasteiger partial charge on any atom is -0.391 e. The van der Waals surface area contributed by atoms with E-state index in [0.29, 0.717) is 19.5 Å². The maximum atomic E-state index is 12.4. The number of fused-ring (bicyclic) bond motifs is 1. The van der Waals surface area contributed by atoms with Crippen molar-refractivity contribution in [1.82, 2.24) is 9.88 Å². The van der Waals surface area contributed by atoms with E-state index in [4.69, 9.17) is 5.73 Å². The van der Waals surface area contributed by atoms with E-state index in [1.807, 2.05) is 30.5 Å². The Morgan fingerprint density at radius 2 is 2.29 bits per heavy atom. The Morgan fingerprint density at radius 3 is 3.10 bits per heavy atom. The van der Waals surface area contributed by atoms with E-state index in [-0.39, 0.29) is 5.91 Å². The summed E-state index contributed by atoms with van der Waals surface area (Å²) in [7, 11) is 0. The van der Waals surface area contributed by atoms with Crippen LogP contribution in [0.3, 0.4) is 0 Å². The minimum atomic E-state index is -0.561. The molecule has 0 aliphatic carbocycles. The lowest BCUT2D eigenvalue weighted by Gasteiger charge is -2.32. The molecule has 0 saturated carbocycles. The van der Waals surface area contributed by atoms with Crippen LogP contribution in [0.1, 0.15) is 18.4 Å². The fraction of sp³-hybridized carbons (Fsp3) is 0.438. The number of rotatable bonds is 3. The molecule has 2 atom stereocenters. The maximum absolute atomic E-state index is 12.4. The van der Waals surface area contributed by atoms with E-state index in [9.17, 15) is 9.90 Å². The number of nitrogens with two attached hydrogens (primary N) is 1. The molecule has 1 aromatic heterocycles. The average Bonchev–Trinajstić information content (AvgIpc) is 2.90. The smallest absolute Gasteiger partial charge is 0.239 e. The summed E-state index contributed by atoms with van der Waals surface area (Å²) < 4.78 is 0. The highest BCUT2D eigenvalue weighted by Gasteiger charge is 2.26. The van der Waals surface area contributed by atoms with E-state index in [1.165, 1.54) is 0 Å². The number of carbonyl (C=O) groups is 1. The molecule has 1 amide bonds. The highest BCUT2D eigenvalue weighted by atomic mass is 16.3. The molecule has 112 valence electrons. The zero-order valence-electron chi connectivity index (χ0n) is 12.0. The van der Waals surface area contributed by atoms with Crippen molar-refractivity contribution < 1.29 is 9.90 Å². The highest BCUT2D eigenvalue weighted by molar-refractivity contribution is 5.86. The Kier molecular flexibility index (Phi) is 3.94. The van der Waals surface area contributed by atoms with Crippen LogP contribution >= 0.6 is 0 Å². The van der Waals surface area contributed by atoms with Gasteiger partial charge in [-0.1, -0.05) is 18.2 Å². The molecule has 0 spiro atoms. The third-order valence-electron chi connectivity index (χ3n) is 4.14. The van der Waals surface area contributed by atoms with Crippen LogP contribution in [0.5, 0.6) is 0 Å². The normalized spacial score (nSPS) is 20.7. The molecular weight excluding hydrogens is 266 g/mol. The summed E-state index contributed by atoms with van der Waals surface area (Å²) in [5.41, 5.74) is 8.20. The van der Waals surface area contributed by atoms with Crippen molar-refractivity contribution in [2.45, 2.75) is 31.4 Å². The number of likely N-dealkylation sites (tertiary alicyclic amines) is 1. The van der Waals surface area contributed by atoms with E-state index in [2.05, 4.69) is 4.98 Å². The van der Waals surface area contributed by atoms with Gasteiger partial charge < -0.3 is 20.7 Å². The second-order valence-electron chi connectivity index (χ2n) is 5.75. The van der Waals surface area contributed by atoms with Crippen molar-refractivity contribution in [1.29, 1.82) is 0 Å². The molecule has 1 aliphatic heterocycles. The number of aromatic nitrogens is 1. The number of aromatic amines is 1. The first-order valence-electron chi connectivity index (χ1n) is 7.42. The van der Waals surface area contributed by atoms with Crippen LogP contribution < -0.4 is 5.73 Å². The van der Waals surface area contributed by atoms with Gasteiger partial charge in [0.25, 0.3) is 0 Å². The quantitative estimate of drug-likeness (QED) is 0.788. The molecule has 0 bridgehead atoms. The molecule has 5 heteroatoms. The summed E-state index contributed by atoms with van der Waals surface area (Å²) >= 11 is 0. The first-order valence-corrected chi connectivity index (χ1v) is 7.42. The number of nitrogens with one attached hydrogen (secondary N) is 1. The molecule has 5 nitrogen and oxygen atoms in total. The predicted molar refractivity (Wildman–Crippen MR) is 81.8 cm³/mol. The number of carbonyl (C=O) groups excluding carboxylic acids is 1. The summed E-state index contributed by atoms with van der Waals surface area (Å²) in [5.74, 6) is -0.0703. The number of hydrogen-bond acceptors (Lipinski definition) is 3. The molecule has 4 N–H and O–H groups in total. The van der Waals surface area contributed by atoms with Gasteiger partial charge in [0.15, 0.2) is 0 Å². The zero-order chi connectivity index (χ0) is 14.8. The lowest BCUT2D eigenvalue weighted by atomic mass is 10.0. The fourth-order valence-electron chi connectivity index (χ4n) is 3.01. The van der Waals surface area contributed by atoms with Crippen LogP contribution in [0.25, 0.3) is 10.9 Å². The Hall–Kier alpha value is -1.85. The monoisotopic (exact) mass is 287 g/mol.